The standard InChI is InChI=1S/C8H8O2.C7H14O3/c9-8(10)6-7-4-2-1-3-5-7;1-3-4-5-10-7(9)6(2)8/h1-5H,6H2,(H,9,10);6,8H,3-5H2,1-2H3. The van der Waals surface area contributed by atoms with E-state index in [1.165, 1.54) is 6.92 Å². The Hall–Kier alpha value is -1.88. The lowest BCUT2D eigenvalue weighted by atomic mass is 10.2. The van der Waals surface area contributed by atoms with Crippen molar-refractivity contribution >= 4 is 11.9 Å². The summed E-state index contributed by atoms with van der Waals surface area (Å²) in [6.07, 6.45) is 0.976. The van der Waals surface area contributed by atoms with E-state index in [4.69, 9.17) is 10.2 Å². The van der Waals surface area contributed by atoms with Crippen LogP contribution in [0.1, 0.15) is 32.3 Å². The predicted molar refractivity (Wildman–Crippen MR) is 75.3 cm³/mol. The quantitative estimate of drug-likeness (QED) is 0.616. The minimum absolute atomic E-state index is 0.112. The Morgan fingerprint density at radius 1 is 1.25 bits per heavy atom. The van der Waals surface area contributed by atoms with Gasteiger partial charge in [-0.25, -0.2) is 4.79 Å². The molecule has 0 spiro atoms. The third-order valence-electron chi connectivity index (χ3n) is 2.28. The van der Waals surface area contributed by atoms with E-state index in [0.29, 0.717) is 6.61 Å². The highest BCUT2D eigenvalue weighted by Crippen LogP contribution is 1.98. The second-order valence-electron chi connectivity index (χ2n) is 4.25. The van der Waals surface area contributed by atoms with Crippen molar-refractivity contribution in [1.82, 2.24) is 0 Å². The maximum Gasteiger partial charge on any atom is 0.334 e. The van der Waals surface area contributed by atoms with Crippen molar-refractivity contribution in [3.05, 3.63) is 35.9 Å². The molecule has 20 heavy (non-hydrogen) atoms. The number of carbonyl (C=O) groups is 2. The van der Waals surface area contributed by atoms with E-state index in [2.05, 4.69) is 4.74 Å². The normalized spacial score (nSPS) is 10.9. The van der Waals surface area contributed by atoms with Crippen molar-refractivity contribution in [1.29, 1.82) is 0 Å². The van der Waals surface area contributed by atoms with Gasteiger partial charge in [0.25, 0.3) is 0 Å². The fourth-order valence-corrected chi connectivity index (χ4v) is 1.21. The minimum Gasteiger partial charge on any atom is -0.481 e. The summed E-state index contributed by atoms with van der Waals surface area (Å²) in [6, 6.07) is 9.13. The number of rotatable bonds is 6. The van der Waals surface area contributed by atoms with Crippen LogP contribution in [0.15, 0.2) is 30.3 Å². The molecule has 0 radical (unpaired) electrons. The molecule has 0 aliphatic carbocycles. The molecule has 1 rings (SSSR count). The predicted octanol–water partition coefficient (Wildman–Crippen LogP) is 2.02. The van der Waals surface area contributed by atoms with Crippen LogP contribution in [0.4, 0.5) is 0 Å². The Morgan fingerprint density at radius 3 is 2.30 bits per heavy atom. The highest BCUT2D eigenvalue weighted by Gasteiger charge is 2.08. The van der Waals surface area contributed by atoms with Gasteiger partial charge < -0.3 is 14.9 Å². The number of aliphatic carboxylic acids is 1. The number of carbonyl (C=O) groups excluding carboxylic acids is 1. The van der Waals surface area contributed by atoms with Crippen molar-refractivity contribution in [3.63, 3.8) is 0 Å². The number of aliphatic hydroxyl groups is 1. The van der Waals surface area contributed by atoms with Gasteiger partial charge in [0.1, 0.15) is 6.10 Å². The molecule has 5 nitrogen and oxygen atoms in total. The summed E-state index contributed by atoms with van der Waals surface area (Å²) in [5.74, 6) is -1.32. The average Bonchev–Trinajstić information content (AvgIpc) is 2.40. The Balaban J connectivity index is 0.000000361. The molecule has 0 aliphatic rings. The van der Waals surface area contributed by atoms with Gasteiger partial charge in [-0.1, -0.05) is 43.7 Å². The zero-order chi connectivity index (χ0) is 15.4. The summed E-state index contributed by atoms with van der Waals surface area (Å²) >= 11 is 0. The van der Waals surface area contributed by atoms with E-state index in [-0.39, 0.29) is 6.42 Å². The van der Waals surface area contributed by atoms with E-state index in [1.807, 2.05) is 25.1 Å². The largest absolute Gasteiger partial charge is 0.481 e. The molecule has 1 unspecified atom stereocenters. The number of unbranched alkanes of at least 4 members (excludes halogenated alkanes) is 1. The van der Waals surface area contributed by atoms with Gasteiger partial charge in [0.2, 0.25) is 0 Å². The van der Waals surface area contributed by atoms with Crippen LogP contribution in [0.25, 0.3) is 0 Å². The maximum absolute atomic E-state index is 10.5. The molecule has 1 atom stereocenters. The zero-order valence-electron chi connectivity index (χ0n) is 11.9. The van der Waals surface area contributed by atoms with Gasteiger partial charge in [0, 0.05) is 0 Å². The Morgan fingerprint density at radius 2 is 1.85 bits per heavy atom. The summed E-state index contributed by atoms with van der Waals surface area (Å²) in [5.41, 5.74) is 0.843. The van der Waals surface area contributed by atoms with Gasteiger partial charge in [0.15, 0.2) is 0 Å². The number of hydrogen-bond acceptors (Lipinski definition) is 4. The second-order valence-corrected chi connectivity index (χ2v) is 4.25. The number of carboxylic acids is 1. The van der Waals surface area contributed by atoms with Crippen molar-refractivity contribution in [2.75, 3.05) is 6.61 Å². The molecular weight excluding hydrogens is 260 g/mol. The molecule has 0 aromatic heterocycles. The van der Waals surface area contributed by atoms with E-state index < -0.39 is 18.0 Å². The van der Waals surface area contributed by atoms with Crippen LogP contribution in [0.3, 0.4) is 0 Å². The van der Waals surface area contributed by atoms with Crippen LogP contribution in [-0.2, 0) is 20.7 Å². The number of carboxylic acid groups (broad SMARTS) is 1. The molecule has 0 fully saturated rings. The first-order valence-corrected chi connectivity index (χ1v) is 6.57. The Kier molecular flexibility index (Phi) is 9.96. The average molecular weight is 282 g/mol. The molecule has 0 aliphatic heterocycles. The first-order chi connectivity index (χ1) is 9.47. The third-order valence-corrected chi connectivity index (χ3v) is 2.28. The molecule has 0 bridgehead atoms. The van der Waals surface area contributed by atoms with Crippen LogP contribution in [-0.4, -0.2) is 34.9 Å². The van der Waals surface area contributed by atoms with E-state index in [1.54, 1.807) is 12.1 Å². The van der Waals surface area contributed by atoms with Crippen molar-refractivity contribution in [2.45, 2.75) is 39.2 Å². The summed E-state index contributed by atoms with van der Waals surface area (Å²) in [4.78, 5) is 20.7. The molecule has 1 aromatic rings. The smallest absolute Gasteiger partial charge is 0.334 e. The molecule has 0 amide bonds. The lowest BCUT2D eigenvalue weighted by Gasteiger charge is -2.04. The van der Waals surface area contributed by atoms with Crippen LogP contribution < -0.4 is 0 Å². The molecule has 2 N–H and O–H groups in total. The topological polar surface area (TPSA) is 83.8 Å². The summed E-state index contributed by atoms with van der Waals surface area (Å²) in [6.45, 7) is 3.82. The van der Waals surface area contributed by atoms with E-state index in [0.717, 1.165) is 18.4 Å². The summed E-state index contributed by atoms with van der Waals surface area (Å²) < 4.78 is 4.65. The molecule has 0 heterocycles. The van der Waals surface area contributed by atoms with Crippen molar-refractivity contribution in [2.24, 2.45) is 0 Å². The monoisotopic (exact) mass is 282 g/mol. The van der Waals surface area contributed by atoms with Gasteiger partial charge in [-0.2, -0.15) is 0 Å². The molecule has 1 aromatic carbocycles. The van der Waals surface area contributed by atoms with E-state index in [9.17, 15) is 9.59 Å². The van der Waals surface area contributed by atoms with Crippen LogP contribution in [0, 0.1) is 0 Å². The van der Waals surface area contributed by atoms with Crippen molar-refractivity contribution in [3.8, 4) is 0 Å². The minimum atomic E-state index is -0.989. The number of hydrogen-bond donors (Lipinski definition) is 2. The highest BCUT2D eigenvalue weighted by atomic mass is 16.5. The molecule has 5 heteroatoms. The molecule has 0 saturated heterocycles. The first-order valence-electron chi connectivity index (χ1n) is 6.57. The number of aliphatic hydroxyl groups excluding tert-OH is 1. The zero-order valence-corrected chi connectivity index (χ0v) is 11.9. The van der Waals surface area contributed by atoms with Gasteiger partial charge in [-0.15, -0.1) is 0 Å². The molecular formula is C15H22O5. The fraction of sp³-hybridized carbons (Fsp3) is 0.467. The lowest BCUT2D eigenvalue weighted by molar-refractivity contribution is -0.152. The molecule has 112 valence electrons. The van der Waals surface area contributed by atoms with Crippen molar-refractivity contribution < 1.29 is 24.5 Å². The number of benzene rings is 1. The van der Waals surface area contributed by atoms with E-state index >= 15 is 0 Å². The fourth-order valence-electron chi connectivity index (χ4n) is 1.21. The van der Waals surface area contributed by atoms with Gasteiger partial charge in [-0.3, -0.25) is 4.79 Å². The Bertz CT molecular complexity index is 387. The summed E-state index contributed by atoms with van der Waals surface area (Å²) in [5, 5.41) is 17.0. The maximum atomic E-state index is 10.5. The lowest BCUT2D eigenvalue weighted by Crippen LogP contribution is -2.19. The van der Waals surface area contributed by atoms with Crippen LogP contribution in [0.5, 0.6) is 0 Å². The van der Waals surface area contributed by atoms with Gasteiger partial charge >= 0.3 is 11.9 Å². The molecule has 0 saturated carbocycles. The van der Waals surface area contributed by atoms with Gasteiger partial charge in [-0.05, 0) is 18.9 Å². The summed E-state index contributed by atoms with van der Waals surface area (Å²) in [7, 11) is 0. The second kappa shape index (κ2) is 11.0. The van der Waals surface area contributed by atoms with Crippen LogP contribution in [0.2, 0.25) is 0 Å². The third kappa shape index (κ3) is 10.1. The number of esters is 1. The van der Waals surface area contributed by atoms with Crippen LogP contribution >= 0.6 is 0 Å². The first kappa shape index (κ1) is 18.1. The Labute approximate surface area is 119 Å². The highest BCUT2D eigenvalue weighted by molar-refractivity contribution is 5.73. The van der Waals surface area contributed by atoms with Gasteiger partial charge in [0.05, 0.1) is 13.0 Å². The SMILES string of the molecule is CCCCOC(=O)C(C)O.O=C(O)Cc1ccccc1. The number of ether oxygens (including phenoxy) is 1.